The second kappa shape index (κ2) is 9.75. The fraction of sp³-hybridized carbons (Fsp3) is 0.667. The highest BCUT2D eigenvalue weighted by Gasteiger charge is 2.49. The highest BCUT2D eigenvalue weighted by Crippen LogP contribution is 2.31. The minimum absolute atomic E-state index is 0.182. The smallest absolute Gasteiger partial charge is 0.303 e. The van der Waals surface area contributed by atoms with Crippen LogP contribution in [0.15, 0.2) is 12.7 Å². The number of hydrogen-bond donors (Lipinski definition) is 0. The molecule has 1 saturated heterocycles. The van der Waals surface area contributed by atoms with Crippen LogP contribution < -0.4 is 0 Å². The van der Waals surface area contributed by atoms with Gasteiger partial charge in [-0.25, -0.2) is 0 Å². The summed E-state index contributed by atoms with van der Waals surface area (Å²) < 4.78 is 26.7. The van der Waals surface area contributed by atoms with Crippen LogP contribution in [0, 0.1) is 0 Å². The van der Waals surface area contributed by atoms with Gasteiger partial charge in [0.15, 0.2) is 18.5 Å². The third-order valence-corrected chi connectivity index (χ3v) is 3.96. The lowest BCUT2D eigenvalue weighted by Crippen LogP contribution is -2.60. The van der Waals surface area contributed by atoms with Gasteiger partial charge in [0.1, 0.15) is 17.5 Å². The van der Waals surface area contributed by atoms with Gasteiger partial charge >= 0.3 is 17.9 Å². The van der Waals surface area contributed by atoms with Gasteiger partial charge in [0, 0.05) is 20.8 Å². The van der Waals surface area contributed by atoms with Crippen molar-refractivity contribution in [1.29, 1.82) is 0 Å². The fourth-order valence-electron chi connectivity index (χ4n) is 2.16. The SMILES string of the molecule is C=CCO[C@H]1O[C@H](COC(C)=O)[C@@H](OC(C)=O)[C@H](OC(C)=O)[C@@H]1Br. The molecule has 1 rings (SSSR count). The van der Waals surface area contributed by atoms with Gasteiger partial charge in [-0.05, 0) is 0 Å². The van der Waals surface area contributed by atoms with E-state index in [1.165, 1.54) is 26.8 Å². The number of carbonyl (C=O) groups excluding carboxylic acids is 3. The third-order valence-electron chi connectivity index (χ3n) is 3.01. The number of esters is 3. The summed E-state index contributed by atoms with van der Waals surface area (Å²) in [6.45, 7) is 7.26. The first-order chi connectivity index (χ1) is 11.3. The number of carbonyl (C=O) groups is 3. The maximum Gasteiger partial charge on any atom is 0.303 e. The predicted octanol–water partition coefficient (Wildman–Crippen LogP) is 1.10. The van der Waals surface area contributed by atoms with Gasteiger partial charge in [0.2, 0.25) is 0 Å². The Bertz CT molecular complexity index is 480. The molecule has 0 N–H and O–H groups in total. The van der Waals surface area contributed by atoms with Crippen molar-refractivity contribution < 1.29 is 38.1 Å². The first-order valence-corrected chi connectivity index (χ1v) is 8.17. The van der Waals surface area contributed by atoms with Crippen LogP contribution in [-0.2, 0) is 38.1 Å². The minimum Gasteiger partial charge on any atom is -0.463 e. The zero-order valence-electron chi connectivity index (χ0n) is 13.7. The van der Waals surface area contributed by atoms with Crippen LogP contribution in [0.5, 0.6) is 0 Å². The van der Waals surface area contributed by atoms with E-state index in [9.17, 15) is 14.4 Å². The molecule has 5 atom stereocenters. The number of rotatable bonds is 7. The van der Waals surface area contributed by atoms with E-state index in [0.717, 1.165) is 0 Å². The molecule has 1 heterocycles. The van der Waals surface area contributed by atoms with Crippen molar-refractivity contribution in [2.24, 2.45) is 0 Å². The van der Waals surface area contributed by atoms with E-state index in [1.807, 2.05) is 0 Å². The van der Waals surface area contributed by atoms with Gasteiger partial charge in [0.05, 0.1) is 6.61 Å². The summed E-state index contributed by atoms with van der Waals surface area (Å²) in [5.74, 6) is -1.66. The van der Waals surface area contributed by atoms with Gasteiger partial charge in [-0.1, -0.05) is 22.0 Å². The summed E-state index contributed by atoms with van der Waals surface area (Å²) >= 11 is 3.36. The summed E-state index contributed by atoms with van der Waals surface area (Å²) in [6, 6.07) is 0. The maximum atomic E-state index is 11.4. The lowest BCUT2D eigenvalue weighted by molar-refractivity contribution is -0.258. The Labute approximate surface area is 148 Å². The summed E-state index contributed by atoms with van der Waals surface area (Å²) in [5.41, 5.74) is 0. The van der Waals surface area contributed by atoms with E-state index in [-0.39, 0.29) is 13.2 Å². The average molecular weight is 409 g/mol. The first kappa shape index (κ1) is 20.6. The lowest BCUT2D eigenvalue weighted by atomic mass is 10.0. The van der Waals surface area contributed by atoms with Crippen LogP contribution in [0.1, 0.15) is 20.8 Å². The molecular formula is C15H21BrO8. The van der Waals surface area contributed by atoms with E-state index in [0.29, 0.717) is 0 Å². The summed E-state index contributed by atoms with van der Waals surface area (Å²) in [6.07, 6.45) is -1.98. The van der Waals surface area contributed by atoms with Crippen molar-refractivity contribution in [3.8, 4) is 0 Å². The second-order valence-corrected chi connectivity index (χ2v) is 6.12. The van der Waals surface area contributed by atoms with Crippen molar-refractivity contribution >= 4 is 33.8 Å². The van der Waals surface area contributed by atoms with Gasteiger partial charge in [-0.2, -0.15) is 0 Å². The molecule has 0 aromatic carbocycles. The van der Waals surface area contributed by atoms with Crippen LogP contribution in [0.2, 0.25) is 0 Å². The second-order valence-electron chi connectivity index (χ2n) is 5.06. The molecular weight excluding hydrogens is 388 g/mol. The van der Waals surface area contributed by atoms with Crippen LogP contribution in [0.3, 0.4) is 0 Å². The zero-order chi connectivity index (χ0) is 18.3. The molecule has 0 aromatic rings. The quantitative estimate of drug-likeness (QED) is 0.267. The van der Waals surface area contributed by atoms with Crippen molar-refractivity contribution in [3.05, 3.63) is 12.7 Å². The van der Waals surface area contributed by atoms with E-state index >= 15 is 0 Å². The predicted molar refractivity (Wildman–Crippen MR) is 85.3 cm³/mol. The zero-order valence-corrected chi connectivity index (χ0v) is 15.3. The molecule has 9 heteroatoms. The van der Waals surface area contributed by atoms with E-state index < -0.39 is 47.3 Å². The highest BCUT2D eigenvalue weighted by atomic mass is 79.9. The van der Waals surface area contributed by atoms with Gasteiger partial charge in [-0.15, -0.1) is 6.58 Å². The van der Waals surface area contributed by atoms with E-state index in [1.54, 1.807) is 0 Å². The van der Waals surface area contributed by atoms with Crippen molar-refractivity contribution in [2.45, 2.75) is 50.2 Å². The van der Waals surface area contributed by atoms with Gasteiger partial charge in [-0.3, -0.25) is 14.4 Å². The highest BCUT2D eigenvalue weighted by molar-refractivity contribution is 9.09. The molecule has 0 aliphatic carbocycles. The third kappa shape index (κ3) is 6.21. The molecule has 0 amide bonds. The minimum atomic E-state index is -0.960. The lowest BCUT2D eigenvalue weighted by Gasteiger charge is -2.42. The average Bonchev–Trinajstić information content (AvgIpc) is 2.48. The molecule has 24 heavy (non-hydrogen) atoms. The van der Waals surface area contributed by atoms with E-state index in [2.05, 4.69) is 22.5 Å². The molecule has 1 fully saturated rings. The van der Waals surface area contributed by atoms with Gasteiger partial charge < -0.3 is 23.7 Å². The number of ether oxygens (including phenoxy) is 5. The summed E-state index contributed by atoms with van der Waals surface area (Å²) in [7, 11) is 0. The molecule has 0 radical (unpaired) electrons. The summed E-state index contributed by atoms with van der Waals surface area (Å²) in [4.78, 5) is 33.3. The Hall–Kier alpha value is -1.45. The standard InChI is InChI=1S/C15H21BrO8/c1-5-6-20-15-12(16)14(23-10(4)19)13(22-9(3)18)11(24-15)7-21-8(2)17/h5,11-15H,1,6-7H2,2-4H3/t11-,12+,13-,14-,15+/m1/s1. The molecule has 0 bridgehead atoms. The monoisotopic (exact) mass is 408 g/mol. The van der Waals surface area contributed by atoms with Crippen LogP contribution in [-0.4, -0.2) is 60.6 Å². The summed E-state index contributed by atoms with van der Waals surface area (Å²) in [5, 5.41) is 0. The molecule has 1 aliphatic heterocycles. The maximum absolute atomic E-state index is 11.4. The van der Waals surface area contributed by atoms with Crippen LogP contribution >= 0.6 is 15.9 Å². The normalized spacial score (nSPS) is 29.4. The fourth-order valence-corrected chi connectivity index (χ4v) is 2.84. The number of alkyl halides is 1. The van der Waals surface area contributed by atoms with Gasteiger partial charge in [0.25, 0.3) is 0 Å². The topological polar surface area (TPSA) is 97.4 Å². The Kier molecular flexibility index (Phi) is 8.37. The molecule has 0 unspecified atom stereocenters. The van der Waals surface area contributed by atoms with Crippen LogP contribution in [0.25, 0.3) is 0 Å². The molecule has 136 valence electrons. The molecule has 0 spiro atoms. The Morgan fingerprint density at radius 2 is 1.67 bits per heavy atom. The Morgan fingerprint density at radius 1 is 1.08 bits per heavy atom. The molecule has 0 aromatic heterocycles. The first-order valence-electron chi connectivity index (χ1n) is 7.26. The van der Waals surface area contributed by atoms with Crippen LogP contribution in [0.4, 0.5) is 0 Å². The molecule has 1 aliphatic rings. The number of halogens is 1. The van der Waals surface area contributed by atoms with Crippen molar-refractivity contribution in [2.75, 3.05) is 13.2 Å². The molecule has 8 nitrogen and oxygen atoms in total. The number of hydrogen-bond acceptors (Lipinski definition) is 8. The Balaban J connectivity index is 3.03. The Morgan fingerprint density at radius 3 is 2.17 bits per heavy atom. The largest absolute Gasteiger partial charge is 0.463 e. The van der Waals surface area contributed by atoms with E-state index in [4.69, 9.17) is 23.7 Å². The van der Waals surface area contributed by atoms with Crippen molar-refractivity contribution in [1.82, 2.24) is 0 Å². The van der Waals surface area contributed by atoms with Crippen molar-refractivity contribution in [3.63, 3.8) is 0 Å². The molecule has 0 saturated carbocycles.